The minimum Gasteiger partial charge on any atom is -0.482 e. The molecule has 2 aliphatic heterocycles. The number of hydrogen-bond donors (Lipinski definition) is 2. The summed E-state index contributed by atoms with van der Waals surface area (Å²) in [6.07, 6.45) is 2.08. The molecular formula is C16H20N2O6S. The molecule has 2 N–H and O–H groups in total. The zero-order valence-electron chi connectivity index (χ0n) is 13.6. The van der Waals surface area contributed by atoms with E-state index in [0.29, 0.717) is 30.8 Å². The molecule has 0 aliphatic carbocycles. The minimum absolute atomic E-state index is 0.0731. The van der Waals surface area contributed by atoms with Gasteiger partial charge in [-0.05, 0) is 43.4 Å². The third-order valence-corrected chi connectivity index (χ3v) is 6.42. The van der Waals surface area contributed by atoms with Crippen LogP contribution >= 0.6 is 0 Å². The number of anilines is 1. The second-order valence-corrected chi connectivity index (χ2v) is 8.60. The van der Waals surface area contributed by atoms with Crippen LogP contribution in [0.25, 0.3) is 0 Å². The van der Waals surface area contributed by atoms with Crippen LogP contribution in [0.3, 0.4) is 0 Å². The van der Waals surface area contributed by atoms with Crippen LogP contribution in [0.4, 0.5) is 5.69 Å². The van der Waals surface area contributed by atoms with Crippen LogP contribution in [0.2, 0.25) is 0 Å². The topological polar surface area (TPSA) is 113 Å². The molecule has 136 valence electrons. The summed E-state index contributed by atoms with van der Waals surface area (Å²) < 4.78 is 28.4. The molecule has 2 amide bonds. The number of hydroxylamine groups is 1. The third-order valence-electron chi connectivity index (χ3n) is 4.59. The first-order chi connectivity index (χ1) is 11.9. The Hall–Kier alpha value is -2.13. The summed E-state index contributed by atoms with van der Waals surface area (Å²) >= 11 is 0. The summed E-state index contributed by atoms with van der Waals surface area (Å²) in [6.45, 7) is 0.353. The van der Waals surface area contributed by atoms with E-state index in [4.69, 9.17) is 9.94 Å². The molecule has 2 aliphatic rings. The Bertz CT molecular complexity index is 792. The van der Waals surface area contributed by atoms with Gasteiger partial charge in [0.25, 0.3) is 11.8 Å². The van der Waals surface area contributed by atoms with Gasteiger partial charge in [0.1, 0.15) is 5.75 Å². The normalized spacial score (nSPS) is 21.6. The van der Waals surface area contributed by atoms with E-state index in [1.165, 1.54) is 12.1 Å². The fourth-order valence-corrected chi connectivity index (χ4v) is 5.20. The highest BCUT2D eigenvalue weighted by Gasteiger charge is 2.29. The molecule has 2 heterocycles. The maximum atomic E-state index is 12.2. The summed E-state index contributed by atoms with van der Waals surface area (Å²) in [5.41, 5.74) is 2.26. The van der Waals surface area contributed by atoms with Gasteiger partial charge < -0.3 is 9.64 Å². The van der Waals surface area contributed by atoms with Crippen molar-refractivity contribution >= 4 is 27.3 Å². The van der Waals surface area contributed by atoms with E-state index in [9.17, 15) is 18.0 Å². The van der Waals surface area contributed by atoms with Gasteiger partial charge in [-0.15, -0.1) is 0 Å². The summed E-state index contributed by atoms with van der Waals surface area (Å²) in [7, 11) is -2.90. The second kappa shape index (κ2) is 7.01. The van der Waals surface area contributed by atoms with Gasteiger partial charge in [-0.25, -0.2) is 13.9 Å². The van der Waals surface area contributed by atoms with Gasteiger partial charge in [0.2, 0.25) is 0 Å². The van der Waals surface area contributed by atoms with Crippen molar-refractivity contribution < 1.29 is 28.0 Å². The highest BCUT2D eigenvalue weighted by atomic mass is 32.2. The standard InChI is InChI=1S/C16H20N2O6S/c19-15-9-24-14-4-3-12(16(20)17-21)8-13(14)18(15)6-1-2-11-5-7-25(22,23)10-11/h3-4,8,11,21H,1-2,5-7,9-10H2,(H,17,20)/t11-/m1/s1. The van der Waals surface area contributed by atoms with Gasteiger partial charge in [0.15, 0.2) is 16.4 Å². The van der Waals surface area contributed by atoms with Gasteiger partial charge in [-0.3, -0.25) is 14.8 Å². The molecule has 1 atom stereocenters. The maximum Gasteiger partial charge on any atom is 0.274 e. The number of rotatable bonds is 5. The first kappa shape index (κ1) is 17.7. The molecule has 0 aromatic heterocycles. The Morgan fingerprint density at radius 2 is 2.20 bits per heavy atom. The second-order valence-electron chi connectivity index (χ2n) is 6.37. The Morgan fingerprint density at radius 1 is 1.40 bits per heavy atom. The number of hydrogen-bond acceptors (Lipinski definition) is 6. The lowest BCUT2D eigenvalue weighted by molar-refractivity contribution is -0.121. The number of carbonyl (C=O) groups is 2. The Balaban J connectivity index is 1.69. The summed E-state index contributed by atoms with van der Waals surface area (Å²) in [4.78, 5) is 25.3. The monoisotopic (exact) mass is 368 g/mol. The Labute approximate surface area is 145 Å². The zero-order valence-corrected chi connectivity index (χ0v) is 14.4. The number of benzene rings is 1. The molecule has 0 saturated carbocycles. The predicted octanol–water partition coefficient (Wildman–Crippen LogP) is 0.746. The average molecular weight is 368 g/mol. The van der Waals surface area contributed by atoms with Crippen LogP contribution in [0.5, 0.6) is 5.75 Å². The predicted molar refractivity (Wildman–Crippen MR) is 89.5 cm³/mol. The SMILES string of the molecule is O=C(NO)c1ccc2c(c1)N(CCC[C@@H]1CCS(=O)(=O)C1)C(=O)CO2. The van der Waals surface area contributed by atoms with Gasteiger partial charge in [-0.1, -0.05) is 0 Å². The van der Waals surface area contributed by atoms with Gasteiger partial charge in [0, 0.05) is 12.1 Å². The zero-order chi connectivity index (χ0) is 18.0. The van der Waals surface area contributed by atoms with Crippen LogP contribution in [-0.4, -0.2) is 50.1 Å². The highest BCUT2D eigenvalue weighted by Crippen LogP contribution is 2.33. The first-order valence-electron chi connectivity index (χ1n) is 8.12. The maximum absolute atomic E-state index is 12.2. The van der Waals surface area contributed by atoms with E-state index < -0.39 is 15.7 Å². The molecule has 0 bridgehead atoms. The van der Waals surface area contributed by atoms with E-state index in [-0.39, 0.29) is 35.5 Å². The van der Waals surface area contributed by atoms with Crippen molar-refractivity contribution in [1.29, 1.82) is 0 Å². The van der Waals surface area contributed by atoms with E-state index in [1.54, 1.807) is 16.4 Å². The molecule has 1 fully saturated rings. The molecule has 1 aromatic carbocycles. The van der Waals surface area contributed by atoms with Gasteiger partial charge in [0.05, 0.1) is 17.2 Å². The van der Waals surface area contributed by atoms with Crippen molar-refractivity contribution in [2.24, 2.45) is 5.92 Å². The number of fused-ring (bicyclic) bond motifs is 1. The van der Waals surface area contributed by atoms with Gasteiger partial charge in [-0.2, -0.15) is 0 Å². The molecule has 0 radical (unpaired) electrons. The number of carbonyl (C=O) groups excluding carboxylic acids is 2. The number of sulfone groups is 1. The molecule has 9 heteroatoms. The molecular weight excluding hydrogens is 348 g/mol. The summed E-state index contributed by atoms with van der Waals surface area (Å²) in [6, 6.07) is 4.59. The van der Waals surface area contributed by atoms with Crippen LogP contribution < -0.4 is 15.1 Å². The van der Waals surface area contributed by atoms with Crippen LogP contribution in [-0.2, 0) is 14.6 Å². The lowest BCUT2D eigenvalue weighted by Gasteiger charge is -2.30. The van der Waals surface area contributed by atoms with Crippen molar-refractivity contribution in [3.05, 3.63) is 23.8 Å². The minimum atomic E-state index is -2.90. The lowest BCUT2D eigenvalue weighted by atomic mass is 10.0. The molecule has 1 saturated heterocycles. The molecule has 0 spiro atoms. The van der Waals surface area contributed by atoms with Crippen molar-refractivity contribution in [1.82, 2.24) is 5.48 Å². The van der Waals surface area contributed by atoms with E-state index in [1.807, 2.05) is 0 Å². The molecule has 25 heavy (non-hydrogen) atoms. The smallest absolute Gasteiger partial charge is 0.274 e. The highest BCUT2D eigenvalue weighted by molar-refractivity contribution is 7.91. The van der Waals surface area contributed by atoms with Crippen LogP contribution in [0.1, 0.15) is 29.6 Å². The third kappa shape index (κ3) is 3.93. The number of ether oxygens (including phenoxy) is 1. The average Bonchev–Trinajstić information content (AvgIpc) is 2.94. The molecule has 0 unspecified atom stereocenters. The lowest BCUT2D eigenvalue weighted by Crippen LogP contribution is -2.39. The molecule has 3 rings (SSSR count). The summed E-state index contributed by atoms with van der Waals surface area (Å²) in [5.74, 6) is 0.229. The fraction of sp³-hybridized carbons (Fsp3) is 0.500. The first-order valence-corrected chi connectivity index (χ1v) is 9.94. The Morgan fingerprint density at radius 3 is 2.88 bits per heavy atom. The molecule has 1 aromatic rings. The van der Waals surface area contributed by atoms with Crippen molar-refractivity contribution in [3.8, 4) is 5.75 Å². The number of amides is 2. The van der Waals surface area contributed by atoms with Crippen molar-refractivity contribution in [2.45, 2.75) is 19.3 Å². The van der Waals surface area contributed by atoms with E-state index in [2.05, 4.69) is 0 Å². The number of nitrogens with zero attached hydrogens (tertiary/aromatic N) is 1. The van der Waals surface area contributed by atoms with Crippen molar-refractivity contribution in [3.63, 3.8) is 0 Å². The Kier molecular flexibility index (Phi) is 4.96. The van der Waals surface area contributed by atoms with Crippen LogP contribution in [0, 0.1) is 5.92 Å². The van der Waals surface area contributed by atoms with E-state index >= 15 is 0 Å². The quantitative estimate of drug-likeness (QED) is 0.586. The van der Waals surface area contributed by atoms with Crippen LogP contribution in [0.15, 0.2) is 18.2 Å². The number of nitrogens with one attached hydrogen (secondary N) is 1. The molecule has 8 nitrogen and oxygen atoms in total. The van der Waals surface area contributed by atoms with E-state index in [0.717, 1.165) is 6.42 Å². The van der Waals surface area contributed by atoms with Crippen molar-refractivity contribution in [2.75, 3.05) is 29.6 Å². The summed E-state index contributed by atoms with van der Waals surface area (Å²) in [5, 5.41) is 8.75. The fourth-order valence-electron chi connectivity index (χ4n) is 3.29. The largest absolute Gasteiger partial charge is 0.482 e. The van der Waals surface area contributed by atoms with Gasteiger partial charge >= 0.3 is 0 Å².